The van der Waals surface area contributed by atoms with Gasteiger partial charge in [-0.05, 0) is 20.3 Å². The molecule has 14 heavy (non-hydrogen) atoms. The molecule has 0 aromatic heterocycles. The van der Waals surface area contributed by atoms with Crippen LogP contribution in [0.1, 0.15) is 26.7 Å². The maximum Gasteiger partial charge on any atom is 0.389 e. The monoisotopic (exact) mass is 233 g/mol. The molecule has 0 spiro atoms. The summed E-state index contributed by atoms with van der Waals surface area (Å²) in [7, 11) is -3.55. The summed E-state index contributed by atoms with van der Waals surface area (Å²) >= 11 is 0. The molecule has 0 amide bonds. The molecule has 0 unspecified atom stereocenters. The summed E-state index contributed by atoms with van der Waals surface area (Å²) < 4.78 is 59.3. The van der Waals surface area contributed by atoms with Crippen LogP contribution in [0.3, 0.4) is 0 Å². The van der Waals surface area contributed by atoms with Crippen LogP contribution in [0, 0.1) is 0 Å². The minimum absolute atomic E-state index is 0.286. The van der Waals surface area contributed by atoms with E-state index in [9.17, 15) is 21.6 Å². The van der Waals surface area contributed by atoms with Crippen molar-refractivity contribution in [1.29, 1.82) is 0 Å². The van der Waals surface area contributed by atoms with Crippen molar-refractivity contribution in [3.8, 4) is 0 Å². The van der Waals surface area contributed by atoms with E-state index < -0.39 is 34.8 Å². The zero-order valence-electron chi connectivity index (χ0n) is 8.06. The minimum atomic E-state index is -4.28. The molecule has 0 aliphatic rings. The van der Waals surface area contributed by atoms with Crippen molar-refractivity contribution in [2.24, 2.45) is 0 Å². The molecular formula is C7H14F3NO2S. The molecule has 0 aromatic carbocycles. The fraction of sp³-hybridized carbons (Fsp3) is 1.00. The Morgan fingerprint density at radius 2 is 1.79 bits per heavy atom. The molecule has 3 nitrogen and oxygen atoms in total. The Balaban J connectivity index is 3.90. The highest BCUT2D eigenvalue weighted by atomic mass is 32.2. The Hall–Kier alpha value is -0.300. The molecule has 0 aromatic rings. The molecule has 0 saturated carbocycles. The lowest BCUT2D eigenvalue weighted by molar-refractivity contribution is -0.134. The zero-order valence-corrected chi connectivity index (χ0v) is 8.87. The van der Waals surface area contributed by atoms with Crippen LogP contribution in [0.25, 0.3) is 0 Å². The van der Waals surface area contributed by atoms with Gasteiger partial charge < -0.3 is 0 Å². The summed E-state index contributed by atoms with van der Waals surface area (Å²) in [6.45, 7) is 3.22. The van der Waals surface area contributed by atoms with E-state index in [1.54, 1.807) is 13.8 Å². The van der Waals surface area contributed by atoms with Crippen LogP contribution in [-0.4, -0.2) is 26.4 Å². The van der Waals surface area contributed by atoms with Gasteiger partial charge >= 0.3 is 6.18 Å². The van der Waals surface area contributed by atoms with Gasteiger partial charge in [0.1, 0.15) is 0 Å². The lowest BCUT2D eigenvalue weighted by atomic mass is 10.3. The number of rotatable bonds is 5. The first kappa shape index (κ1) is 13.7. The first-order valence-electron chi connectivity index (χ1n) is 4.19. The van der Waals surface area contributed by atoms with Gasteiger partial charge in [0.05, 0.1) is 5.75 Å². The molecule has 0 heterocycles. The van der Waals surface area contributed by atoms with Crippen LogP contribution in [0.4, 0.5) is 13.2 Å². The number of alkyl halides is 3. The van der Waals surface area contributed by atoms with Gasteiger partial charge in [0.15, 0.2) is 0 Å². The quantitative estimate of drug-likeness (QED) is 0.785. The van der Waals surface area contributed by atoms with E-state index in [1.165, 1.54) is 0 Å². The maximum atomic E-state index is 11.7. The Morgan fingerprint density at radius 3 is 2.14 bits per heavy atom. The van der Waals surface area contributed by atoms with Crippen molar-refractivity contribution in [3.05, 3.63) is 0 Å². The second-order valence-corrected chi connectivity index (χ2v) is 5.18. The van der Waals surface area contributed by atoms with Gasteiger partial charge in [-0.2, -0.15) is 13.2 Å². The summed E-state index contributed by atoms with van der Waals surface area (Å²) in [5.74, 6) is -0.481. The van der Waals surface area contributed by atoms with Gasteiger partial charge in [-0.3, -0.25) is 0 Å². The van der Waals surface area contributed by atoms with Crippen LogP contribution in [-0.2, 0) is 10.0 Å². The summed E-state index contributed by atoms with van der Waals surface area (Å²) in [4.78, 5) is 0. The van der Waals surface area contributed by atoms with Crippen LogP contribution in [0.2, 0.25) is 0 Å². The van der Waals surface area contributed by atoms with Gasteiger partial charge in [-0.25, -0.2) is 13.1 Å². The first-order valence-corrected chi connectivity index (χ1v) is 5.84. The SMILES string of the molecule is CC(C)NS(=O)(=O)CCCC(F)(F)F. The van der Waals surface area contributed by atoms with Crippen LogP contribution >= 0.6 is 0 Å². The first-order chi connectivity index (χ1) is 6.12. The van der Waals surface area contributed by atoms with Crippen LogP contribution in [0.5, 0.6) is 0 Å². The molecule has 0 aliphatic carbocycles. The maximum absolute atomic E-state index is 11.7. The largest absolute Gasteiger partial charge is 0.389 e. The van der Waals surface area contributed by atoms with Gasteiger partial charge in [-0.15, -0.1) is 0 Å². The van der Waals surface area contributed by atoms with Gasteiger partial charge in [0.25, 0.3) is 0 Å². The predicted molar refractivity (Wildman–Crippen MR) is 47.3 cm³/mol. The highest BCUT2D eigenvalue weighted by Gasteiger charge is 2.27. The molecule has 0 rings (SSSR count). The van der Waals surface area contributed by atoms with Gasteiger partial charge in [0, 0.05) is 12.5 Å². The average molecular weight is 233 g/mol. The van der Waals surface area contributed by atoms with Crippen molar-refractivity contribution < 1.29 is 21.6 Å². The van der Waals surface area contributed by atoms with E-state index in [4.69, 9.17) is 0 Å². The minimum Gasteiger partial charge on any atom is -0.213 e. The number of hydrogen-bond acceptors (Lipinski definition) is 2. The lowest BCUT2D eigenvalue weighted by Crippen LogP contribution is -2.32. The van der Waals surface area contributed by atoms with Crippen molar-refractivity contribution in [1.82, 2.24) is 4.72 Å². The van der Waals surface area contributed by atoms with Crippen molar-refractivity contribution in [3.63, 3.8) is 0 Å². The molecule has 0 radical (unpaired) electrons. The second kappa shape index (κ2) is 4.97. The van der Waals surface area contributed by atoms with E-state index >= 15 is 0 Å². The molecule has 0 aliphatic heterocycles. The summed E-state index contributed by atoms with van der Waals surface area (Å²) in [6.07, 6.45) is -5.75. The van der Waals surface area contributed by atoms with E-state index in [0.717, 1.165) is 0 Å². The number of nitrogens with one attached hydrogen (secondary N) is 1. The summed E-state index contributed by atoms with van der Waals surface area (Å²) in [5.41, 5.74) is 0. The molecule has 0 bridgehead atoms. The summed E-state index contributed by atoms with van der Waals surface area (Å²) in [6, 6.07) is -0.286. The summed E-state index contributed by atoms with van der Waals surface area (Å²) in [5, 5.41) is 0. The normalized spacial score (nSPS) is 13.6. The molecular weight excluding hydrogens is 219 g/mol. The molecule has 86 valence electrons. The zero-order chi connectivity index (χ0) is 11.4. The topological polar surface area (TPSA) is 46.2 Å². The fourth-order valence-corrected chi connectivity index (χ4v) is 2.24. The van der Waals surface area contributed by atoms with E-state index in [2.05, 4.69) is 4.72 Å². The Morgan fingerprint density at radius 1 is 1.29 bits per heavy atom. The third kappa shape index (κ3) is 8.31. The standard InChI is InChI=1S/C7H14F3NO2S/c1-6(2)11-14(12,13)5-3-4-7(8,9)10/h6,11H,3-5H2,1-2H3. The second-order valence-electron chi connectivity index (χ2n) is 3.31. The Labute approximate surface area is 81.7 Å². The molecule has 1 N–H and O–H groups in total. The molecule has 7 heteroatoms. The molecule has 0 fully saturated rings. The van der Waals surface area contributed by atoms with Crippen molar-refractivity contribution in [2.45, 2.75) is 38.9 Å². The molecule has 0 atom stereocenters. The average Bonchev–Trinajstić information content (AvgIpc) is 1.78. The fourth-order valence-electron chi connectivity index (χ4n) is 0.881. The Kier molecular flexibility index (Phi) is 4.87. The van der Waals surface area contributed by atoms with E-state index in [0.29, 0.717) is 0 Å². The number of halogens is 3. The number of hydrogen-bond donors (Lipinski definition) is 1. The third-order valence-corrected chi connectivity index (χ3v) is 2.95. The van der Waals surface area contributed by atoms with Crippen LogP contribution in [0.15, 0.2) is 0 Å². The van der Waals surface area contributed by atoms with Crippen molar-refractivity contribution >= 4 is 10.0 Å². The highest BCUT2D eigenvalue weighted by molar-refractivity contribution is 7.89. The van der Waals surface area contributed by atoms with Crippen LogP contribution < -0.4 is 4.72 Å². The lowest BCUT2D eigenvalue weighted by Gasteiger charge is -2.10. The third-order valence-electron chi connectivity index (χ3n) is 1.29. The van der Waals surface area contributed by atoms with Gasteiger partial charge in [0.2, 0.25) is 10.0 Å². The van der Waals surface area contributed by atoms with E-state index in [1.807, 2.05) is 0 Å². The van der Waals surface area contributed by atoms with Gasteiger partial charge in [-0.1, -0.05) is 0 Å². The molecule has 0 saturated heterocycles. The number of sulfonamides is 1. The smallest absolute Gasteiger partial charge is 0.213 e. The highest BCUT2D eigenvalue weighted by Crippen LogP contribution is 2.21. The van der Waals surface area contributed by atoms with E-state index in [-0.39, 0.29) is 6.04 Å². The predicted octanol–water partition coefficient (Wildman–Crippen LogP) is 1.66. The van der Waals surface area contributed by atoms with Crippen molar-refractivity contribution in [2.75, 3.05) is 5.75 Å². The Bertz CT molecular complexity index is 259.